The summed E-state index contributed by atoms with van der Waals surface area (Å²) < 4.78 is 0.859. The Hall–Kier alpha value is -1.24. The van der Waals surface area contributed by atoms with Gasteiger partial charge in [-0.1, -0.05) is 17.7 Å². The van der Waals surface area contributed by atoms with Gasteiger partial charge in [0.25, 0.3) is 5.69 Å². The number of nitrogen functional groups attached to an aromatic ring is 1. The SMILES string of the molecule is Nc1ccc(SCc2c(Cl)cccc2[N+](=O)[O-])c(Br)c1. The number of nitro benzene ring substituents is 1. The van der Waals surface area contributed by atoms with Crippen LogP contribution in [0.1, 0.15) is 5.56 Å². The number of thioether (sulfide) groups is 1. The molecule has 0 aliphatic carbocycles. The lowest BCUT2D eigenvalue weighted by Gasteiger charge is -2.07. The Kier molecular flexibility index (Phi) is 4.91. The van der Waals surface area contributed by atoms with Gasteiger partial charge in [-0.15, -0.1) is 11.8 Å². The zero-order valence-electron chi connectivity index (χ0n) is 10.2. The van der Waals surface area contributed by atoms with Gasteiger partial charge in [0.1, 0.15) is 0 Å². The predicted octanol–water partition coefficient (Wildman–Crippen LogP) is 4.89. The Morgan fingerprint density at radius 3 is 2.75 bits per heavy atom. The van der Waals surface area contributed by atoms with E-state index >= 15 is 0 Å². The molecule has 0 spiro atoms. The largest absolute Gasteiger partial charge is 0.399 e. The predicted molar refractivity (Wildman–Crippen MR) is 86.2 cm³/mol. The molecule has 0 atom stereocenters. The average molecular weight is 374 g/mol. The van der Waals surface area contributed by atoms with Crippen molar-refractivity contribution in [3.8, 4) is 0 Å². The Morgan fingerprint density at radius 1 is 1.35 bits per heavy atom. The molecular formula is C13H10BrClN2O2S. The Bertz CT molecular complexity index is 667. The van der Waals surface area contributed by atoms with Crippen molar-refractivity contribution < 1.29 is 4.92 Å². The van der Waals surface area contributed by atoms with Crippen LogP contribution in [0.15, 0.2) is 45.8 Å². The van der Waals surface area contributed by atoms with Gasteiger partial charge in [-0.05, 0) is 40.2 Å². The fraction of sp³-hybridized carbons (Fsp3) is 0.0769. The van der Waals surface area contributed by atoms with E-state index in [9.17, 15) is 10.1 Å². The molecule has 0 aromatic heterocycles. The summed E-state index contributed by atoms with van der Waals surface area (Å²) in [6.07, 6.45) is 0. The third-order valence-corrected chi connectivity index (χ3v) is 4.99. The number of rotatable bonds is 4. The van der Waals surface area contributed by atoms with E-state index in [1.165, 1.54) is 17.8 Å². The van der Waals surface area contributed by atoms with Gasteiger partial charge in [-0.25, -0.2) is 0 Å². The minimum Gasteiger partial charge on any atom is -0.399 e. The molecule has 7 heteroatoms. The number of halogens is 2. The van der Waals surface area contributed by atoms with E-state index < -0.39 is 4.92 Å². The molecule has 0 heterocycles. The third kappa shape index (κ3) is 3.45. The second-order valence-corrected chi connectivity index (χ2v) is 6.25. The van der Waals surface area contributed by atoms with Crippen LogP contribution in [-0.4, -0.2) is 4.92 Å². The van der Waals surface area contributed by atoms with Crippen molar-refractivity contribution >= 4 is 50.7 Å². The molecule has 2 aromatic rings. The maximum absolute atomic E-state index is 11.0. The second kappa shape index (κ2) is 6.47. The number of nitrogens with two attached hydrogens (primary N) is 1. The first-order chi connectivity index (χ1) is 9.49. The van der Waals surface area contributed by atoms with Crippen molar-refractivity contribution in [3.05, 3.63) is 61.6 Å². The number of nitro groups is 1. The molecular weight excluding hydrogens is 364 g/mol. The van der Waals surface area contributed by atoms with Crippen LogP contribution in [-0.2, 0) is 5.75 Å². The van der Waals surface area contributed by atoms with Crippen LogP contribution in [0.3, 0.4) is 0 Å². The van der Waals surface area contributed by atoms with Crippen LogP contribution in [0.25, 0.3) is 0 Å². The van der Waals surface area contributed by atoms with E-state index in [1.54, 1.807) is 24.3 Å². The lowest BCUT2D eigenvalue weighted by atomic mass is 10.2. The van der Waals surface area contributed by atoms with E-state index in [1.807, 2.05) is 6.07 Å². The summed E-state index contributed by atoms with van der Waals surface area (Å²) in [6.45, 7) is 0. The maximum atomic E-state index is 11.0. The van der Waals surface area contributed by atoms with Gasteiger partial charge in [0, 0.05) is 26.9 Å². The Morgan fingerprint density at radius 2 is 2.10 bits per heavy atom. The molecule has 0 amide bonds. The number of nitrogens with zero attached hydrogens (tertiary/aromatic N) is 1. The number of hydrogen-bond donors (Lipinski definition) is 1. The van der Waals surface area contributed by atoms with Crippen LogP contribution in [0, 0.1) is 10.1 Å². The van der Waals surface area contributed by atoms with E-state index in [0.717, 1.165) is 9.37 Å². The van der Waals surface area contributed by atoms with Crippen molar-refractivity contribution in [2.45, 2.75) is 10.6 Å². The normalized spacial score (nSPS) is 10.5. The minimum atomic E-state index is -0.417. The molecule has 20 heavy (non-hydrogen) atoms. The molecule has 2 aromatic carbocycles. The number of anilines is 1. The minimum absolute atomic E-state index is 0.0385. The first-order valence-corrected chi connectivity index (χ1v) is 7.74. The van der Waals surface area contributed by atoms with Gasteiger partial charge in [0.2, 0.25) is 0 Å². The van der Waals surface area contributed by atoms with Crippen molar-refractivity contribution in [3.63, 3.8) is 0 Å². The molecule has 4 nitrogen and oxygen atoms in total. The molecule has 2 N–H and O–H groups in total. The average Bonchev–Trinajstić information content (AvgIpc) is 2.38. The highest BCUT2D eigenvalue weighted by Gasteiger charge is 2.17. The molecule has 0 aliphatic heterocycles. The molecule has 0 fully saturated rings. The highest BCUT2D eigenvalue weighted by atomic mass is 79.9. The molecule has 2 rings (SSSR count). The highest BCUT2D eigenvalue weighted by Crippen LogP contribution is 2.36. The first kappa shape index (κ1) is 15.2. The Labute approximate surface area is 133 Å². The first-order valence-electron chi connectivity index (χ1n) is 5.58. The van der Waals surface area contributed by atoms with E-state index in [0.29, 0.717) is 22.0 Å². The molecule has 0 saturated heterocycles. The van der Waals surface area contributed by atoms with Gasteiger partial charge < -0.3 is 5.73 Å². The van der Waals surface area contributed by atoms with Crippen LogP contribution < -0.4 is 5.73 Å². The monoisotopic (exact) mass is 372 g/mol. The van der Waals surface area contributed by atoms with Crippen molar-refractivity contribution in [1.29, 1.82) is 0 Å². The summed E-state index contributed by atoms with van der Waals surface area (Å²) in [6, 6.07) is 10.1. The van der Waals surface area contributed by atoms with Crippen molar-refractivity contribution in [2.75, 3.05) is 5.73 Å². The zero-order valence-corrected chi connectivity index (χ0v) is 13.3. The van der Waals surface area contributed by atoms with Gasteiger partial charge in [-0.3, -0.25) is 10.1 Å². The van der Waals surface area contributed by atoms with Gasteiger partial charge in [-0.2, -0.15) is 0 Å². The maximum Gasteiger partial charge on any atom is 0.274 e. The van der Waals surface area contributed by atoms with Gasteiger partial charge in [0.15, 0.2) is 0 Å². The van der Waals surface area contributed by atoms with Crippen molar-refractivity contribution in [2.24, 2.45) is 0 Å². The lowest BCUT2D eigenvalue weighted by molar-refractivity contribution is -0.385. The van der Waals surface area contributed by atoms with Crippen molar-refractivity contribution in [1.82, 2.24) is 0 Å². The summed E-state index contributed by atoms with van der Waals surface area (Å²) in [4.78, 5) is 11.5. The quantitative estimate of drug-likeness (QED) is 0.359. The lowest BCUT2D eigenvalue weighted by Crippen LogP contribution is -1.95. The number of hydrogen-bond acceptors (Lipinski definition) is 4. The molecule has 0 aliphatic rings. The topological polar surface area (TPSA) is 69.2 Å². The molecule has 0 saturated carbocycles. The molecule has 0 bridgehead atoms. The standard InChI is InChI=1S/C13H10BrClN2O2S/c14-10-6-8(16)4-5-13(10)20-7-9-11(15)2-1-3-12(9)17(18)19/h1-6H,7,16H2. The van der Waals surface area contributed by atoms with E-state index in [4.69, 9.17) is 17.3 Å². The molecule has 0 radical (unpaired) electrons. The zero-order chi connectivity index (χ0) is 14.7. The summed E-state index contributed by atoms with van der Waals surface area (Å²) >= 11 is 10.9. The fourth-order valence-corrected chi connectivity index (χ4v) is 3.67. The van der Waals surface area contributed by atoms with E-state index in [-0.39, 0.29) is 5.69 Å². The number of benzene rings is 2. The Balaban J connectivity index is 2.25. The van der Waals surface area contributed by atoms with Crippen LogP contribution in [0.2, 0.25) is 5.02 Å². The van der Waals surface area contributed by atoms with Gasteiger partial charge in [0.05, 0.1) is 15.5 Å². The summed E-state index contributed by atoms with van der Waals surface area (Å²) in [5, 5.41) is 11.4. The van der Waals surface area contributed by atoms with Crippen LogP contribution in [0.4, 0.5) is 11.4 Å². The summed E-state index contributed by atoms with van der Waals surface area (Å²) in [5.74, 6) is 0.415. The smallest absolute Gasteiger partial charge is 0.274 e. The fourth-order valence-electron chi connectivity index (χ4n) is 1.65. The van der Waals surface area contributed by atoms with Gasteiger partial charge >= 0.3 is 0 Å². The molecule has 0 unspecified atom stereocenters. The molecule has 104 valence electrons. The van der Waals surface area contributed by atoms with E-state index in [2.05, 4.69) is 15.9 Å². The van der Waals surface area contributed by atoms with Crippen LogP contribution >= 0.6 is 39.3 Å². The summed E-state index contributed by atoms with van der Waals surface area (Å²) in [5.41, 5.74) is 6.89. The second-order valence-electron chi connectivity index (χ2n) is 3.97. The highest BCUT2D eigenvalue weighted by molar-refractivity contribution is 9.10. The van der Waals surface area contributed by atoms with Crippen LogP contribution in [0.5, 0.6) is 0 Å². The summed E-state index contributed by atoms with van der Waals surface area (Å²) in [7, 11) is 0. The third-order valence-electron chi connectivity index (χ3n) is 2.62.